The summed E-state index contributed by atoms with van der Waals surface area (Å²) in [5.41, 5.74) is 2.07. The fraction of sp³-hybridized carbons (Fsp3) is 0.300. The smallest absolute Gasteiger partial charge is 0.211 e. The largest absolute Gasteiger partial charge is 0.329 e. The van der Waals surface area contributed by atoms with Gasteiger partial charge >= 0.3 is 0 Å². The molecule has 1 amide bonds. The summed E-state index contributed by atoms with van der Waals surface area (Å²) in [6.07, 6.45) is 1.67. The van der Waals surface area contributed by atoms with Gasteiger partial charge in [0.1, 0.15) is 0 Å². The Kier molecular flexibility index (Phi) is 3.99. The number of hydrogen-bond acceptors (Lipinski definition) is 2. The number of likely N-dealkylation sites (N-methyl/N-ethyl adjacent to an activating group) is 1. The van der Waals surface area contributed by atoms with Crippen LogP contribution in [0.5, 0.6) is 0 Å². The first kappa shape index (κ1) is 9.74. The van der Waals surface area contributed by atoms with Crippen molar-refractivity contribution in [2.24, 2.45) is 0 Å². The third-order valence-electron chi connectivity index (χ3n) is 1.82. The second kappa shape index (κ2) is 5.32. The first-order chi connectivity index (χ1) is 6.36. The van der Waals surface area contributed by atoms with Crippen molar-refractivity contribution < 1.29 is 4.79 Å². The number of amides is 1. The summed E-state index contributed by atoms with van der Waals surface area (Å²) in [6.45, 7) is 0.949. The van der Waals surface area contributed by atoms with Gasteiger partial charge in [-0.05, 0) is 37.7 Å². The number of carbonyl (C=O) groups excluding carboxylic acids is 1. The third-order valence-corrected chi connectivity index (χ3v) is 1.82. The zero-order chi connectivity index (χ0) is 9.52. The quantitative estimate of drug-likeness (QED) is 0.661. The number of carbonyl (C=O) groups is 1. The van der Waals surface area contributed by atoms with Crippen LogP contribution < -0.4 is 10.6 Å². The molecule has 0 unspecified atom stereocenters. The Hall–Kier alpha value is -1.35. The van der Waals surface area contributed by atoms with Gasteiger partial charge < -0.3 is 10.6 Å². The lowest BCUT2D eigenvalue weighted by atomic mass is 10.1. The summed E-state index contributed by atoms with van der Waals surface area (Å²) >= 11 is 0. The van der Waals surface area contributed by atoms with Crippen molar-refractivity contribution >= 4 is 12.1 Å². The Morgan fingerprint density at radius 3 is 3.00 bits per heavy atom. The molecule has 2 N–H and O–H groups in total. The zero-order valence-corrected chi connectivity index (χ0v) is 7.71. The molecule has 0 aliphatic heterocycles. The fourth-order valence-electron chi connectivity index (χ4n) is 1.15. The molecule has 13 heavy (non-hydrogen) atoms. The Morgan fingerprint density at radius 1 is 1.46 bits per heavy atom. The number of hydrogen-bond donors (Lipinski definition) is 2. The Balaban J connectivity index is 2.61. The number of anilines is 1. The molecule has 0 saturated carbocycles. The highest BCUT2D eigenvalue weighted by Crippen LogP contribution is 2.09. The van der Waals surface area contributed by atoms with Gasteiger partial charge in [-0.3, -0.25) is 4.79 Å². The second-order valence-electron chi connectivity index (χ2n) is 2.82. The molecule has 3 nitrogen and oxygen atoms in total. The third kappa shape index (κ3) is 3.25. The van der Waals surface area contributed by atoms with E-state index in [1.165, 1.54) is 5.56 Å². The fourth-order valence-corrected chi connectivity index (χ4v) is 1.15. The molecule has 0 heterocycles. The van der Waals surface area contributed by atoms with Gasteiger partial charge in [-0.15, -0.1) is 0 Å². The van der Waals surface area contributed by atoms with Crippen molar-refractivity contribution in [3.05, 3.63) is 29.8 Å². The van der Waals surface area contributed by atoms with E-state index in [0.29, 0.717) is 6.41 Å². The van der Waals surface area contributed by atoms with Gasteiger partial charge in [-0.2, -0.15) is 0 Å². The van der Waals surface area contributed by atoms with E-state index in [4.69, 9.17) is 0 Å². The summed E-state index contributed by atoms with van der Waals surface area (Å²) in [7, 11) is 1.92. The average molecular weight is 178 g/mol. The van der Waals surface area contributed by atoms with Crippen LogP contribution in [0.25, 0.3) is 0 Å². The lowest BCUT2D eigenvalue weighted by Gasteiger charge is -2.03. The molecule has 0 fully saturated rings. The highest BCUT2D eigenvalue weighted by molar-refractivity contribution is 5.71. The van der Waals surface area contributed by atoms with Crippen LogP contribution in [0.4, 0.5) is 5.69 Å². The van der Waals surface area contributed by atoms with Gasteiger partial charge in [-0.25, -0.2) is 0 Å². The molecule has 0 atom stereocenters. The van der Waals surface area contributed by atoms with Crippen LogP contribution in [0.2, 0.25) is 0 Å². The molecule has 1 rings (SSSR count). The number of rotatable bonds is 5. The Labute approximate surface area is 78.2 Å². The first-order valence-electron chi connectivity index (χ1n) is 4.30. The molecule has 0 bridgehead atoms. The highest BCUT2D eigenvalue weighted by Gasteiger charge is 1.93. The van der Waals surface area contributed by atoms with Crippen LogP contribution >= 0.6 is 0 Å². The maximum atomic E-state index is 10.2. The maximum absolute atomic E-state index is 10.2. The summed E-state index contributed by atoms with van der Waals surface area (Å²) in [5, 5.41) is 5.70. The molecule has 1 aromatic rings. The van der Waals surface area contributed by atoms with Crippen LogP contribution in [0.3, 0.4) is 0 Å². The van der Waals surface area contributed by atoms with Crippen molar-refractivity contribution in [2.45, 2.75) is 6.42 Å². The standard InChI is InChI=1S/C10H14N2O/c1-11-6-5-9-3-2-4-10(7-9)12-8-13/h2-4,7-8,11H,5-6H2,1H3,(H,12,13). The summed E-state index contributed by atoms with van der Waals surface area (Å²) in [5.74, 6) is 0. The minimum atomic E-state index is 0.692. The summed E-state index contributed by atoms with van der Waals surface area (Å²) in [6, 6.07) is 7.84. The van der Waals surface area contributed by atoms with Gasteiger partial charge in [0.2, 0.25) is 6.41 Å². The molecule has 0 aromatic heterocycles. The van der Waals surface area contributed by atoms with E-state index in [1.54, 1.807) is 0 Å². The van der Waals surface area contributed by atoms with Crippen LogP contribution in [-0.2, 0) is 11.2 Å². The Bertz CT molecular complexity index is 273. The van der Waals surface area contributed by atoms with E-state index in [2.05, 4.69) is 10.6 Å². The lowest BCUT2D eigenvalue weighted by molar-refractivity contribution is -0.105. The lowest BCUT2D eigenvalue weighted by Crippen LogP contribution is -2.10. The predicted molar refractivity (Wildman–Crippen MR) is 53.8 cm³/mol. The van der Waals surface area contributed by atoms with E-state index in [0.717, 1.165) is 18.7 Å². The van der Waals surface area contributed by atoms with Crippen molar-refractivity contribution in [3.63, 3.8) is 0 Å². The van der Waals surface area contributed by atoms with Crippen LogP contribution in [0, 0.1) is 0 Å². The van der Waals surface area contributed by atoms with E-state index in [1.807, 2.05) is 31.3 Å². The molecule has 0 aliphatic carbocycles. The minimum absolute atomic E-state index is 0.692. The van der Waals surface area contributed by atoms with Gasteiger partial charge in [0.15, 0.2) is 0 Å². The minimum Gasteiger partial charge on any atom is -0.329 e. The summed E-state index contributed by atoms with van der Waals surface area (Å²) < 4.78 is 0. The summed E-state index contributed by atoms with van der Waals surface area (Å²) in [4.78, 5) is 10.2. The van der Waals surface area contributed by atoms with Crippen molar-refractivity contribution in [2.75, 3.05) is 18.9 Å². The number of benzene rings is 1. The predicted octanol–water partition coefficient (Wildman–Crippen LogP) is 1.02. The maximum Gasteiger partial charge on any atom is 0.211 e. The molecular formula is C10H14N2O. The topological polar surface area (TPSA) is 41.1 Å². The van der Waals surface area contributed by atoms with Gasteiger partial charge in [0.25, 0.3) is 0 Å². The SMILES string of the molecule is CNCCc1cccc(NC=O)c1. The molecule has 0 aliphatic rings. The van der Waals surface area contributed by atoms with Crippen molar-refractivity contribution in [1.29, 1.82) is 0 Å². The molecule has 3 heteroatoms. The van der Waals surface area contributed by atoms with E-state index < -0.39 is 0 Å². The van der Waals surface area contributed by atoms with E-state index in [-0.39, 0.29) is 0 Å². The highest BCUT2D eigenvalue weighted by atomic mass is 16.1. The van der Waals surface area contributed by atoms with Gasteiger partial charge in [0.05, 0.1) is 0 Å². The van der Waals surface area contributed by atoms with Crippen LogP contribution in [0.15, 0.2) is 24.3 Å². The van der Waals surface area contributed by atoms with Crippen LogP contribution in [-0.4, -0.2) is 20.0 Å². The zero-order valence-electron chi connectivity index (χ0n) is 7.71. The van der Waals surface area contributed by atoms with Gasteiger partial charge in [-0.1, -0.05) is 12.1 Å². The normalized spacial score (nSPS) is 9.62. The van der Waals surface area contributed by atoms with E-state index >= 15 is 0 Å². The molecule has 70 valence electrons. The first-order valence-corrected chi connectivity index (χ1v) is 4.30. The molecule has 0 spiro atoms. The van der Waals surface area contributed by atoms with Crippen molar-refractivity contribution in [1.82, 2.24) is 5.32 Å². The Morgan fingerprint density at radius 2 is 2.31 bits per heavy atom. The van der Waals surface area contributed by atoms with Crippen LogP contribution in [0.1, 0.15) is 5.56 Å². The molecule has 1 aromatic carbocycles. The van der Waals surface area contributed by atoms with Crippen molar-refractivity contribution in [3.8, 4) is 0 Å². The van der Waals surface area contributed by atoms with E-state index in [9.17, 15) is 4.79 Å². The monoisotopic (exact) mass is 178 g/mol. The molecular weight excluding hydrogens is 164 g/mol. The molecule has 0 saturated heterocycles. The molecule has 0 radical (unpaired) electrons. The number of nitrogens with one attached hydrogen (secondary N) is 2. The second-order valence-corrected chi connectivity index (χ2v) is 2.82. The average Bonchev–Trinajstić information content (AvgIpc) is 2.16. The van der Waals surface area contributed by atoms with Gasteiger partial charge in [0, 0.05) is 5.69 Å².